The molecule has 0 atom stereocenters. The molecule has 0 unspecified atom stereocenters. The third-order valence-electron chi connectivity index (χ3n) is 4.24. The molecule has 5 heteroatoms. The molecule has 2 amide bonds. The molecule has 0 aliphatic heterocycles. The number of amides is 2. The second kappa shape index (κ2) is 7.83. The van der Waals surface area contributed by atoms with Gasteiger partial charge in [-0.25, -0.2) is 0 Å². The second-order valence-corrected chi connectivity index (χ2v) is 6.31. The van der Waals surface area contributed by atoms with Crippen molar-refractivity contribution in [2.75, 3.05) is 35.8 Å². The van der Waals surface area contributed by atoms with E-state index in [1.165, 1.54) is 11.8 Å². The number of nitrogens with zero attached hydrogens (tertiary/aromatic N) is 2. The van der Waals surface area contributed by atoms with Crippen molar-refractivity contribution >= 4 is 28.9 Å². The van der Waals surface area contributed by atoms with Crippen LogP contribution in [-0.4, -0.2) is 32.5 Å². The van der Waals surface area contributed by atoms with Crippen molar-refractivity contribution in [3.8, 4) is 0 Å². The zero-order valence-corrected chi connectivity index (χ0v) is 15.5. The zero-order valence-electron chi connectivity index (χ0n) is 15.5. The van der Waals surface area contributed by atoms with Crippen molar-refractivity contribution in [1.29, 1.82) is 0 Å². The summed E-state index contributed by atoms with van der Waals surface area (Å²) in [7, 11) is 3.91. The van der Waals surface area contributed by atoms with Gasteiger partial charge in [-0.2, -0.15) is 0 Å². The highest BCUT2D eigenvalue weighted by Crippen LogP contribution is 2.21. The summed E-state index contributed by atoms with van der Waals surface area (Å²) >= 11 is 0. The highest BCUT2D eigenvalue weighted by molar-refractivity contribution is 6.02. The number of nitrogens with one attached hydrogen (secondary N) is 1. The van der Waals surface area contributed by atoms with Gasteiger partial charge in [-0.3, -0.25) is 9.59 Å². The molecule has 1 N–H and O–H groups in total. The predicted octanol–water partition coefficient (Wildman–Crippen LogP) is 3.36. The second-order valence-electron chi connectivity index (χ2n) is 6.31. The van der Waals surface area contributed by atoms with Gasteiger partial charge in [0, 0.05) is 38.1 Å². The number of anilines is 3. The molecule has 2 rings (SSSR count). The van der Waals surface area contributed by atoms with E-state index in [4.69, 9.17) is 0 Å². The third-order valence-corrected chi connectivity index (χ3v) is 4.24. The molecule has 0 aromatic heterocycles. The molecule has 0 radical (unpaired) electrons. The Morgan fingerprint density at radius 3 is 2.12 bits per heavy atom. The number of benzene rings is 2. The van der Waals surface area contributed by atoms with Gasteiger partial charge >= 0.3 is 0 Å². The van der Waals surface area contributed by atoms with Crippen LogP contribution < -0.4 is 15.1 Å². The van der Waals surface area contributed by atoms with Crippen molar-refractivity contribution in [3.05, 3.63) is 53.6 Å². The van der Waals surface area contributed by atoms with Crippen LogP contribution in [0.4, 0.5) is 17.1 Å². The minimum absolute atomic E-state index is 0.0238. The summed E-state index contributed by atoms with van der Waals surface area (Å²) in [5, 5.41) is 2.89. The van der Waals surface area contributed by atoms with Crippen LogP contribution >= 0.6 is 0 Å². The van der Waals surface area contributed by atoms with Gasteiger partial charge in [0.05, 0.1) is 0 Å². The average Bonchev–Trinajstić information content (AvgIpc) is 2.56. The van der Waals surface area contributed by atoms with E-state index in [2.05, 4.69) is 5.32 Å². The maximum atomic E-state index is 12.4. The van der Waals surface area contributed by atoms with Crippen LogP contribution in [0.25, 0.3) is 0 Å². The molecule has 0 spiro atoms. The number of hydrogen-bond acceptors (Lipinski definition) is 3. The highest BCUT2D eigenvalue weighted by Gasteiger charge is 2.16. The van der Waals surface area contributed by atoms with Crippen molar-refractivity contribution in [2.45, 2.75) is 20.8 Å². The van der Waals surface area contributed by atoms with Gasteiger partial charge in [0.2, 0.25) is 11.8 Å². The van der Waals surface area contributed by atoms with Gasteiger partial charge < -0.3 is 15.1 Å². The van der Waals surface area contributed by atoms with Crippen molar-refractivity contribution < 1.29 is 9.59 Å². The summed E-state index contributed by atoms with van der Waals surface area (Å²) in [5.41, 5.74) is 4.65. The SMILES string of the molecule is CC(=O)N(CC(=O)Nc1cccc(C)c1C)c1ccc(N(C)C)cc1. The number of hydrogen-bond donors (Lipinski definition) is 1. The molecule has 0 heterocycles. The molecule has 0 bridgehead atoms. The molecule has 0 saturated carbocycles. The Morgan fingerprint density at radius 1 is 0.960 bits per heavy atom. The molecule has 0 aliphatic rings. The number of carbonyl (C=O) groups excluding carboxylic acids is 2. The van der Waals surface area contributed by atoms with E-state index < -0.39 is 0 Å². The fourth-order valence-corrected chi connectivity index (χ4v) is 2.53. The van der Waals surface area contributed by atoms with E-state index in [1.807, 2.05) is 75.3 Å². The van der Waals surface area contributed by atoms with Crippen LogP contribution in [0.15, 0.2) is 42.5 Å². The Morgan fingerprint density at radius 2 is 1.56 bits per heavy atom. The predicted molar refractivity (Wildman–Crippen MR) is 103 cm³/mol. The van der Waals surface area contributed by atoms with Crippen molar-refractivity contribution in [1.82, 2.24) is 0 Å². The molecule has 0 aliphatic carbocycles. The molecule has 0 saturated heterocycles. The van der Waals surface area contributed by atoms with Crippen LogP contribution in [0, 0.1) is 13.8 Å². The fourth-order valence-electron chi connectivity index (χ4n) is 2.53. The first-order valence-electron chi connectivity index (χ1n) is 8.21. The van der Waals surface area contributed by atoms with Crippen molar-refractivity contribution in [3.63, 3.8) is 0 Å². The first-order valence-corrected chi connectivity index (χ1v) is 8.21. The first-order chi connectivity index (χ1) is 11.8. The monoisotopic (exact) mass is 339 g/mol. The Hall–Kier alpha value is -2.82. The topological polar surface area (TPSA) is 52.7 Å². The van der Waals surface area contributed by atoms with E-state index in [-0.39, 0.29) is 18.4 Å². The average molecular weight is 339 g/mol. The van der Waals surface area contributed by atoms with E-state index in [1.54, 1.807) is 0 Å². The summed E-state index contributed by atoms with van der Waals surface area (Å²) < 4.78 is 0. The van der Waals surface area contributed by atoms with Crippen LogP contribution in [0.2, 0.25) is 0 Å². The van der Waals surface area contributed by atoms with Crippen LogP contribution in [0.3, 0.4) is 0 Å². The van der Waals surface area contributed by atoms with Gasteiger partial charge in [-0.1, -0.05) is 12.1 Å². The molecular weight excluding hydrogens is 314 g/mol. The number of rotatable bonds is 5. The van der Waals surface area contributed by atoms with Crippen LogP contribution in [0.1, 0.15) is 18.1 Å². The van der Waals surface area contributed by atoms with E-state index in [9.17, 15) is 9.59 Å². The lowest BCUT2D eigenvalue weighted by Gasteiger charge is -2.22. The molecule has 5 nitrogen and oxygen atoms in total. The summed E-state index contributed by atoms with van der Waals surface area (Å²) in [6, 6.07) is 13.3. The van der Waals surface area contributed by atoms with Gasteiger partial charge in [-0.05, 0) is 55.3 Å². The highest BCUT2D eigenvalue weighted by atomic mass is 16.2. The summed E-state index contributed by atoms with van der Waals surface area (Å²) in [5.74, 6) is -0.394. The normalized spacial score (nSPS) is 10.3. The van der Waals surface area contributed by atoms with Gasteiger partial charge in [0.1, 0.15) is 6.54 Å². The van der Waals surface area contributed by atoms with E-state index >= 15 is 0 Å². The van der Waals surface area contributed by atoms with E-state index in [0.717, 1.165) is 22.5 Å². The molecule has 25 heavy (non-hydrogen) atoms. The molecular formula is C20H25N3O2. The van der Waals surface area contributed by atoms with Crippen molar-refractivity contribution in [2.24, 2.45) is 0 Å². The molecule has 2 aromatic rings. The molecule has 0 fully saturated rings. The lowest BCUT2D eigenvalue weighted by atomic mass is 10.1. The fraction of sp³-hybridized carbons (Fsp3) is 0.300. The molecule has 132 valence electrons. The Balaban J connectivity index is 2.14. The minimum atomic E-state index is -0.222. The van der Waals surface area contributed by atoms with E-state index in [0.29, 0.717) is 5.69 Å². The standard InChI is InChI=1S/C20H25N3O2/c1-14-7-6-8-19(15(14)2)21-20(25)13-23(16(3)24)18-11-9-17(10-12-18)22(4)5/h6-12H,13H2,1-5H3,(H,21,25). The maximum Gasteiger partial charge on any atom is 0.244 e. The van der Waals surface area contributed by atoms with Gasteiger partial charge in [-0.15, -0.1) is 0 Å². The number of carbonyl (C=O) groups is 2. The summed E-state index contributed by atoms with van der Waals surface area (Å²) in [4.78, 5) is 27.9. The largest absolute Gasteiger partial charge is 0.378 e. The third kappa shape index (κ3) is 4.59. The first kappa shape index (κ1) is 18.5. The lowest BCUT2D eigenvalue weighted by Crippen LogP contribution is -2.36. The van der Waals surface area contributed by atoms with Crippen LogP contribution in [-0.2, 0) is 9.59 Å². The summed E-state index contributed by atoms with van der Waals surface area (Å²) in [6.45, 7) is 5.40. The van der Waals surface area contributed by atoms with Crippen LogP contribution in [0.5, 0.6) is 0 Å². The smallest absolute Gasteiger partial charge is 0.244 e. The lowest BCUT2D eigenvalue weighted by molar-refractivity contribution is -0.120. The molecule has 2 aromatic carbocycles. The minimum Gasteiger partial charge on any atom is -0.378 e. The Labute approximate surface area is 149 Å². The maximum absolute atomic E-state index is 12.4. The quantitative estimate of drug-likeness (QED) is 0.909. The summed E-state index contributed by atoms with van der Waals surface area (Å²) in [6.07, 6.45) is 0. The Kier molecular flexibility index (Phi) is 5.80. The van der Waals surface area contributed by atoms with Gasteiger partial charge in [0.15, 0.2) is 0 Å². The zero-order chi connectivity index (χ0) is 18.6. The van der Waals surface area contributed by atoms with Gasteiger partial charge in [0.25, 0.3) is 0 Å². The number of aryl methyl sites for hydroxylation is 1. The Bertz CT molecular complexity index is 767.